The van der Waals surface area contributed by atoms with Crippen LogP contribution in [0.15, 0.2) is 24.3 Å². The van der Waals surface area contributed by atoms with Gasteiger partial charge in [-0.1, -0.05) is 12.1 Å². The van der Waals surface area contributed by atoms with Crippen LogP contribution in [0.25, 0.3) is 0 Å². The quantitative estimate of drug-likeness (QED) is 0.847. The number of amides is 3. The van der Waals surface area contributed by atoms with Gasteiger partial charge in [0.25, 0.3) is 0 Å². The molecule has 0 radical (unpaired) electrons. The van der Waals surface area contributed by atoms with Crippen LogP contribution in [0.2, 0.25) is 0 Å². The zero-order chi connectivity index (χ0) is 17.1. The fraction of sp³-hybridized carbons (Fsp3) is 0.471. The third-order valence-corrected chi connectivity index (χ3v) is 4.68. The summed E-state index contributed by atoms with van der Waals surface area (Å²) in [7, 11) is 0. The fourth-order valence-electron chi connectivity index (χ4n) is 3.35. The van der Waals surface area contributed by atoms with Gasteiger partial charge in [0, 0.05) is 18.7 Å². The Bertz CT molecular complexity index is 642. The molecule has 2 aliphatic rings. The first kappa shape index (κ1) is 19.2. The number of piperidine rings is 1. The number of halogens is 1. The number of carboxylic acid groups (broad SMARTS) is 1. The number of hydrogen-bond acceptors (Lipinski definition) is 4. The van der Waals surface area contributed by atoms with Crippen molar-refractivity contribution in [2.75, 3.05) is 31.1 Å². The highest BCUT2D eigenvalue weighted by Gasteiger charge is 2.25. The minimum absolute atomic E-state index is 0. The lowest BCUT2D eigenvalue weighted by molar-refractivity contribution is -0.138. The minimum Gasteiger partial charge on any atom is -0.480 e. The van der Waals surface area contributed by atoms with Crippen LogP contribution >= 0.6 is 12.4 Å². The Hall–Kier alpha value is -2.12. The number of nitrogens with zero attached hydrogens (tertiary/aromatic N) is 2. The molecule has 0 saturated carbocycles. The van der Waals surface area contributed by atoms with Crippen LogP contribution in [0.1, 0.15) is 30.7 Å². The van der Waals surface area contributed by atoms with Gasteiger partial charge in [-0.05, 0) is 49.5 Å². The lowest BCUT2D eigenvalue weighted by atomic mass is 9.89. The SMILES string of the molecule is Cl.O=C(O)CN1CCC(c2ccc(N3CCC(=O)NC3=O)cc2)CC1. The topological polar surface area (TPSA) is 89.9 Å². The van der Waals surface area contributed by atoms with E-state index < -0.39 is 5.97 Å². The van der Waals surface area contributed by atoms with Crippen LogP contribution in [-0.2, 0) is 9.59 Å². The smallest absolute Gasteiger partial charge is 0.328 e. The van der Waals surface area contributed by atoms with Gasteiger partial charge in [-0.15, -0.1) is 12.4 Å². The second-order valence-electron chi connectivity index (χ2n) is 6.29. The number of anilines is 1. The Labute approximate surface area is 152 Å². The number of carbonyl (C=O) groups is 3. The molecule has 2 fully saturated rings. The van der Waals surface area contributed by atoms with E-state index in [0.717, 1.165) is 31.6 Å². The van der Waals surface area contributed by atoms with E-state index in [1.807, 2.05) is 29.2 Å². The number of likely N-dealkylation sites (tertiary alicyclic amines) is 1. The number of nitrogens with one attached hydrogen (secondary N) is 1. The molecule has 25 heavy (non-hydrogen) atoms. The summed E-state index contributed by atoms with van der Waals surface area (Å²) in [6.45, 7) is 2.08. The molecule has 1 aromatic rings. The van der Waals surface area contributed by atoms with Gasteiger partial charge in [0.2, 0.25) is 5.91 Å². The molecule has 0 atom stereocenters. The Morgan fingerprint density at radius 2 is 1.76 bits per heavy atom. The van der Waals surface area contributed by atoms with E-state index in [-0.39, 0.29) is 30.9 Å². The molecule has 8 heteroatoms. The van der Waals surface area contributed by atoms with Gasteiger partial charge in [0.15, 0.2) is 0 Å². The van der Waals surface area contributed by atoms with Crippen LogP contribution < -0.4 is 10.2 Å². The van der Waals surface area contributed by atoms with Gasteiger partial charge in [0.05, 0.1) is 6.54 Å². The van der Waals surface area contributed by atoms with Crippen molar-refractivity contribution in [3.8, 4) is 0 Å². The Morgan fingerprint density at radius 1 is 1.12 bits per heavy atom. The number of urea groups is 1. The number of carboxylic acids is 1. The van der Waals surface area contributed by atoms with Crippen molar-refractivity contribution >= 4 is 36.0 Å². The zero-order valence-electron chi connectivity index (χ0n) is 13.8. The molecule has 0 bridgehead atoms. The van der Waals surface area contributed by atoms with Gasteiger partial charge in [-0.25, -0.2) is 4.79 Å². The largest absolute Gasteiger partial charge is 0.480 e. The summed E-state index contributed by atoms with van der Waals surface area (Å²) in [5, 5.41) is 11.2. The van der Waals surface area contributed by atoms with E-state index in [0.29, 0.717) is 18.9 Å². The third kappa shape index (κ3) is 4.70. The molecule has 3 amide bonds. The first-order valence-corrected chi connectivity index (χ1v) is 8.18. The van der Waals surface area contributed by atoms with Crippen LogP contribution in [0, 0.1) is 0 Å². The van der Waals surface area contributed by atoms with Gasteiger partial charge >= 0.3 is 12.0 Å². The Morgan fingerprint density at radius 3 is 2.32 bits per heavy atom. The Kier molecular flexibility index (Phi) is 6.39. The molecule has 0 unspecified atom stereocenters. The molecule has 3 rings (SSSR count). The van der Waals surface area contributed by atoms with Gasteiger partial charge < -0.3 is 5.11 Å². The number of imide groups is 1. The summed E-state index contributed by atoms with van der Waals surface area (Å²) in [5.41, 5.74) is 1.99. The first-order chi connectivity index (χ1) is 11.5. The summed E-state index contributed by atoms with van der Waals surface area (Å²) in [5.74, 6) is -0.599. The van der Waals surface area contributed by atoms with Gasteiger partial charge in [-0.3, -0.25) is 24.7 Å². The van der Waals surface area contributed by atoms with Gasteiger partial charge in [-0.2, -0.15) is 0 Å². The van der Waals surface area contributed by atoms with Crippen LogP contribution in [0.4, 0.5) is 10.5 Å². The number of benzene rings is 1. The minimum atomic E-state index is -0.781. The highest BCUT2D eigenvalue weighted by atomic mass is 35.5. The second kappa shape index (κ2) is 8.31. The third-order valence-electron chi connectivity index (χ3n) is 4.68. The van der Waals surface area contributed by atoms with E-state index in [2.05, 4.69) is 5.32 Å². The molecule has 2 heterocycles. The molecule has 2 saturated heterocycles. The lowest BCUT2D eigenvalue weighted by Crippen LogP contribution is -2.49. The normalized spacial score (nSPS) is 19.3. The standard InChI is InChI=1S/C17H21N3O4.ClH/c21-15-7-10-20(17(24)18-15)14-3-1-12(2-4-14)13-5-8-19(9-6-13)11-16(22)23;/h1-4,13H,5-11H2,(H,22,23)(H,18,21,24);1H. The summed E-state index contributed by atoms with van der Waals surface area (Å²) in [6, 6.07) is 7.50. The maximum absolute atomic E-state index is 11.9. The number of carbonyl (C=O) groups excluding carboxylic acids is 2. The molecule has 1 aromatic carbocycles. The predicted molar refractivity (Wildman–Crippen MR) is 95.2 cm³/mol. The van der Waals surface area contributed by atoms with Crippen molar-refractivity contribution in [1.29, 1.82) is 0 Å². The number of hydrogen-bond donors (Lipinski definition) is 2. The number of rotatable bonds is 4. The Balaban J connectivity index is 0.00000225. The highest BCUT2D eigenvalue weighted by Crippen LogP contribution is 2.29. The van der Waals surface area contributed by atoms with E-state index in [9.17, 15) is 14.4 Å². The number of aliphatic carboxylic acids is 1. The maximum Gasteiger partial charge on any atom is 0.328 e. The monoisotopic (exact) mass is 367 g/mol. The van der Waals surface area contributed by atoms with E-state index in [1.54, 1.807) is 4.90 Å². The highest BCUT2D eigenvalue weighted by molar-refractivity contribution is 6.05. The lowest BCUT2D eigenvalue weighted by Gasteiger charge is -2.31. The second-order valence-corrected chi connectivity index (χ2v) is 6.29. The molecule has 0 aliphatic carbocycles. The molecule has 2 N–H and O–H groups in total. The van der Waals surface area contributed by atoms with Crippen molar-refractivity contribution in [3.05, 3.63) is 29.8 Å². The van der Waals surface area contributed by atoms with Crippen LogP contribution in [0.3, 0.4) is 0 Å². The van der Waals surface area contributed by atoms with Crippen molar-refractivity contribution in [2.45, 2.75) is 25.2 Å². The summed E-state index contributed by atoms with van der Waals surface area (Å²) < 4.78 is 0. The van der Waals surface area contributed by atoms with Crippen molar-refractivity contribution in [1.82, 2.24) is 10.2 Å². The van der Waals surface area contributed by atoms with Crippen LogP contribution in [0.5, 0.6) is 0 Å². The fourth-order valence-corrected chi connectivity index (χ4v) is 3.35. The molecular formula is C17H22ClN3O4. The molecule has 0 spiro atoms. The molecule has 2 aliphatic heterocycles. The molecule has 136 valence electrons. The van der Waals surface area contributed by atoms with E-state index >= 15 is 0 Å². The van der Waals surface area contributed by atoms with Crippen LogP contribution in [-0.4, -0.2) is 54.1 Å². The summed E-state index contributed by atoms with van der Waals surface area (Å²) in [6.07, 6.45) is 2.19. The zero-order valence-corrected chi connectivity index (χ0v) is 14.6. The molecule has 0 aromatic heterocycles. The molecule has 7 nitrogen and oxygen atoms in total. The summed E-state index contributed by atoms with van der Waals surface area (Å²) in [4.78, 5) is 37.3. The average Bonchev–Trinajstić information content (AvgIpc) is 2.55. The van der Waals surface area contributed by atoms with Gasteiger partial charge in [0.1, 0.15) is 0 Å². The molecular weight excluding hydrogens is 346 g/mol. The maximum atomic E-state index is 11.9. The average molecular weight is 368 g/mol. The van der Waals surface area contributed by atoms with Crippen molar-refractivity contribution in [2.24, 2.45) is 0 Å². The summed E-state index contributed by atoms with van der Waals surface area (Å²) >= 11 is 0. The van der Waals surface area contributed by atoms with E-state index in [1.165, 1.54) is 5.56 Å². The van der Waals surface area contributed by atoms with Crippen molar-refractivity contribution < 1.29 is 19.5 Å². The van der Waals surface area contributed by atoms with E-state index in [4.69, 9.17) is 5.11 Å². The predicted octanol–water partition coefficient (Wildman–Crippen LogP) is 1.82. The van der Waals surface area contributed by atoms with Crippen molar-refractivity contribution in [3.63, 3.8) is 0 Å². The first-order valence-electron chi connectivity index (χ1n) is 8.18.